The minimum absolute atomic E-state index is 0.00998. The van der Waals surface area contributed by atoms with Crippen LogP contribution in [-0.4, -0.2) is 26.1 Å². The minimum atomic E-state index is -0.00998. The van der Waals surface area contributed by atoms with Gasteiger partial charge in [-0.3, -0.25) is 4.79 Å². The number of amides is 1. The Hall–Kier alpha value is -2.71. The maximum absolute atomic E-state index is 12.5. The van der Waals surface area contributed by atoms with Gasteiger partial charge in [-0.2, -0.15) is 5.26 Å². The number of anilines is 1. The molecule has 0 aromatic heterocycles. The monoisotopic (exact) mass is 383 g/mol. The molecule has 6 heteroatoms. The third-order valence-electron chi connectivity index (χ3n) is 4.91. The Labute approximate surface area is 164 Å². The maximum atomic E-state index is 12.5. The van der Waals surface area contributed by atoms with E-state index in [1.165, 1.54) is 0 Å². The van der Waals surface area contributed by atoms with Crippen molar-refractivity contribution in [3.05, 3.63) is 58.6 Å². The number of piperidine rings is 1. The van der Waals surface area contributed by atoms with Crippen LogP contribution in [0.25, 0.3) is 0 Å². The molecule has 0 aliphatic carbocycles. The van der Waals surface area contributed by atoms with Crippen molar-refractivity contribution in [3.63, 3.8) is 0 Å². The molecular formula is C21H22ClN3O2. The van der Waals surface area contributed by atoms with E-state index in [0.717, 1.165) is 42.9 Å². The van der Waals surface area contributed by atoms with E-state index >= 15 is 0 Å². The molecule has 0 atom stereocenters. The summed E-state index contributed by atoms with van der Waals surface area (Å²) in [5, 5.41) is 12.9. The first-order valence-electron chi connectivity index (χ1n) is 8.96. The second-order valence-corrected chi connectivity index (χ2v) is 7.04. The van der Waals surface area contributed by atoms with Gasteiger partial charge in [0.25, 0.3) is 0 Å². The van der Waals surface area contributed by atoms with Crippen molar-refractivity contribution in [2.24, 2.45) is 5.92 Å². The maximum Gasteiger partial charge on any atom is 0.223 e. The lowest BCUT2D eigenvalue weighted by molar-refractivity contribution is -0.125. The number of rotatable bonds is 5. The first-order valence-corrected chi connectivity index (χ1v) is 9.33. The van der Waals surface area contributed by atoms with Crippen molar-refractivity contribution in [1.82, 2.24) is 5.32 Å². The van der Waals surface area contributed by atoms with Crippen molar-refractivity contribution in [2.45, 2.75) is 19.4 Å². The molecule has 27 heavy (non-hydrogen) atoms. The van der Waals surface area contributed by atoms with Gasteiger partial charge < -0.3 is 15.0 Å². The molecule has 1 aliphatic rings. The molecular weight excluding hydrogens is 362 g/mol. The summed E-state index contributed by atoms with van der Waals surface area (Å²) in [4.78, 5) is 14.6. The van der Waals surface area contributed by atoms with Crippen molar-refractivity contribution < 1.29 is 9.53 Å². The highest BCUT2D eigenvalue weighted by Gasteiger charge is 2.26. The van der Waals surface area contributed by atoms with E-state index in [0.29, 0.717) is 17.1 Å². The molecule has 5 nitrogen and oxygen atoms in total. The zero-order chi connectivity index (χ0) is 19.2. The molecule has 1 N–H and O–H groups in total. The topological polar surface area (TPSA) is 65.4 Å². The quantitative estimate of drug-likeness (QED) is 0.853. The fourth-order valence-electron chi connectivity index (χ4n) is 3.32. The predicted molar refractivity (Wildman–Crippen MR) is 106 cm³/mol. The van der Waals surface area contributed by atoms with Crippen LogP contribution >= 0.6 is 11.6 Å². The second kappa shape index (κ2) is 8.79. The highest BCUT2D eigenvalue weighted by molar-refractivity contribution is 6.30. The highest BCUT2D eigenvalue weighted by atomic mass is 35.5. The van der Waals surface area contributed by atoms with Gasteiger partial charge in [0, 0.05) is 30.6 Å². The number of ether oxygens (including phenoxy) is 1. The smallest absolute Gasteiger partial charge is 0.223 e. The van der Waals surface area contributed by atoms with Crippen molar-refractivity contribution in [2.75, 3.05) is 25.1 Å². The van der Waals surface area contributed by atoms with Gasteiger partial charge in [-0.15, -0.1) is 0 Å². The van der Waals surface area contributed by atoms with Crippen LogP contribution in [0.15, 0.2) is 42.5 Å². The van der Waals surface area contributed by atoms with E-state index in [9.17, 15) is 10.1 Å². The zero-order valence-corrected chi connectivity index (χ0v) is 16.0. The number of nitrogens with one attached hydrogen (secondary N) is 1. The second-order valence-electron chi connectivity index (χ2n) is 6.60. The fourth-order valence-corrected chi connectivity index (χ4v) is 3.49. The van der Waals surface area contributed by atoms with Crippen LogP contribution in [0.1, 0.15) is 24.0 Å². The SMILES string of the molecule is COc1ccc(CNC(=O)C2CCN(c3cc(Cl)ccc3C#N)CC2)cc1. The molecule has 1 fully saturated rings. The van der Waals surface area contributed by atoms with Gasteiger partial charge in [0.15, 0.2) is 0 Å². The van der Waals surface area contributed by atoms with Crippen molar-refractivity contribution in [3.8, 4) is 11.8 Å². The third kappa shape index (κ3) is 4.72. The summed E-state index contributed by atoms with van der Waals surface area (Å²) in [6, 6.07) is 15.2. The average molecular weight is 384 g/mol. The van der Waals surface area contributed by atoms with Crippen molar-refractivity contribution >= 4 is 23.2 Å². The van der Waals surface area contributed by atoms with Gasteiger partial charge in [-0.25, -0.2) is 0 Å². The molecule has 1 saturated heterocycles. The van der Waals surface area contributed by atoms with Gasteiger partial charge in [0.2, 0.25) is 5.91 Å². The van der Waals surface area contributed by atoms with Crippen LogP contribution in [0.5, 0.6) is 5.75 Å². The lowest BCUT2D eigenvalue weighted by Gasteiger charge is -2.33. The molecule has 0 bridgehead atoms. The summed E-state index contributed by atoms with van der Waals surface area (Å²) in [5.41, 5.74) is 2.50. The standard InChI is InChI=1S/C21H22ClN3O2/c1-27-19-6-2-15(3-7-19)14-24-21(26)16-8-10-25(11-9-16)20-12-18(22)5-4-17(20)13-23/h2-7,12,16H,8-11,14H2,1H3,(H,24,26). The van der Waals surface area contributed by atoms with Gasteiger partial charge in [-0.1, -0.05) is 23.7 Å². The van der Waals surface area contributed by atoms with Gasteiger partial charge in [0.05, 0.1) is 18.4 Å². The zero-order valence-electron chi connectivity index (χ0n) is 15.2. The normalized spacial score (nSPS) is 14.5. The minimum Gasteiger partial charge on any atom is -0.497 e. The van der Waals surface area contributed by atoms with Crippen LogP contribution < -0.4 is 15.0 Å². The average Bonchev–Trinajstić information content (AvgIpc) is 2.72. The number of hydrogen-bond donors (Lipinski definition) is 1. The van der Waals surface area contributed by atoms with Gasteiger partial charge >= 0.3 is 0 Å². The lowest BCUT2D eigenvalue weighted by atomic mass is 9.95. The summed E-state index contributed by atoms with van der Waals surface area (Å²) in [7, 11) is 1.63. The lowest BCUT2D eigenvalue weighted by Crippen LogP contribution is -2.40. The van der Waals surface area contributed by atoms with E-state index in [-0.39, 0.29) is 11.8 Å². The first kappa shape index (κ1) is 19.1. The molecule has 0 saturated carbocycles. The Bertz CT molecular complexity index is 837. The predicted octanol–water partition coefficient (Wildman–Crippen LogP) is 3.75. The molecule has 140 valence electrons. The molecule has 1 aliphatic heterocycles. The summed E-state index contributed by atoms with van der Waals surface area (Å²) < 4.78 is 5.14. The molecule has 1 amide bonds. The molecule has 2 aromatic rings. The molecule has 0 spiro atoms. The van der Waals surface area contributed by atoms with Crippen LogP contribution in [0.2, 0.25) is 5.02 Å². The largest absolute Gasteiger partial charge is 0.497 e. The van der Waals surface area contributed by atoms with Gasteiger partial charge in [0.1, 0.15) is 11.8 Å². The number of benzene rings is 2. The molecule has 2 aromatic carbocycles. The van der Waals surface area contributed by atoms with Crippen LogP contribution in [0.4, 0.5) is 5.69 Å². The number of nitriles is 1. The Morgan fingerprint density at radius 1 is 1.26 bits per heavy atom. The molecule has 0 radical (unpaired) electrons. The molecule has 3 rings (SSSR count). The van der Waals surface area contributed by atoms with Crippen LogP contribution in [-0.2, 0) is 11.3 Å². The van der Waals surface area contributed by atoms with E-state index < -0.39 is 0 Å². The number of carbonyl (C=O) groups excluding carboxylic acids is 1. The summed E-state index contributed by atoms with van der Waals surface area (Å²) in [6.45, 7) is 1.97. The Morgan fingerprint density at radius 3 is 2.59 bits per heavy atom. The first-order chi connectivity index (χ1) is 13.1. The van der Waals surface area contributed by atoms with E-state index in [1.807, 2.05) is 30.3 Å². The number of hydrogen-bond acceptors (Lipinski definition) is 4. The van der Waals surface area contributed by atoms with Crippen LogP contribution in [0, 0.1) is 17.2 Å². The highest BCUT2D eigenvalue weighted by Crippen LogP contribution is 2.28. The third-order valence-corrected chi connectivity index (χ3v) is 5.15. The fraction of sp³-hybridized carbons (Fsp3) is 0.333. The summed E-state index contributed by atoms with van der Waals surface area (Å²) in [5.74, 6) is 0.872. The Kier molecular flexibility index (Phi) is 6.20. The van der Waals surface area contributed by atoms with Crippen LogP contribution in [0.3, 0.4) is 0 Å². The number of methoxy groups -OCH3 is 1. The van der Waals surface area contributed by atoms with E-state index in [2.05, 4.69) is 16.3 Å². The number of halogens is 1. The summed E-state index contributed by atoms with van der Waals surface area (Å²) >= 11 is 6.08. The Morgan fingerprint density at radius 2 is 1.96 bits per heavy atom. The van der Waals surface area contributed by atoms with Gasteiger partial charge in [-0.05, 0) is 48.7 Å². The number of carbonyl (C=O) groups is 1. The molecule has 1 heterocycles. The number of nitrogens with zero attached hydrogens (tertiary/aromatic N) is 2. The molecule has 0 unspecified atom stereocenters. The van der Waals surface area contributed by atoms with E-state index in [4.69, 9.17) is 16.3 Å². The summed E-state index contributed by atoms with van der Waals surface area (Å²) in [6.07, 6.45) is 1.51. The van der Waals surface area contributed by atoms with E-state index in [1.54, 1.807) is 19.2 Å². The Balaban J connectivity index is 1.53. The van der Waals surface area contributed by atoms with Crippen molar-refractivity contribution in [1.29, 1.82) is 5.26 Å².